The number of benzene rings is 1. The van der Waals surface area contributed by atoms with Crippen LogP contribution in [0.5, 0.6) is 0 Å². The SMILES string of the molecule is CN(Cc1c(C(=O)N[C@@H]2CCC[C@H](O)C2)noc1-c1ccc(C(F)(F)F)cc1)C[C@@H]1CCCO1. The third-order valence-corrected chi connectivity index (χ3v) is 6.43. The van der Waals surface area contributed by atoms with Crippen LogP contribution in [-0.2, 0) is 17.5 Å². The topological polar surface area (TPSA) is 87.8 Å². The van der Waals surface area contributed by atoms with E-state index in [0.717, 1.165) is 44.4 Å². The van der Waals surface area contributed by atoms with E-state index in [1.165, 1.54) is 12.1 Å². The number of nitrogens with one attached hydrogen (secondary N) is 1. The van der Waals surface area contributed by atoms with E-state index in [1.54, 1.807) is 0 Å². The van der Waals surface area contributed by atoms with Crippen molar-refractivity contribution in [3.05, 3.63) is 41.1 Å². The summed E-state index contributed by atoms with van der Waals surface area (Å²) in [6.07, 6.45) is -0.0617. The first-order valence-corrected chi connectivity index (χ1v) is 11.7. The van der Waals surface area contributed by atoms with E-state index in [4.69, 9.17) is 9.26 Å². The van der Waals surface area contributed by atoms with E-state index in [-0.39, 0.29) is 23.6 Å². The summed E-state index contributed by atoms with van der Waals surface area (Å²) in [7, 11) is 1.89. The van der Waals surface area contributed by atoms with Gasteiger partial charge in [0.15, 0.2) is 11.5 Å². The highest BCUT2D eigenvalue weighted by Gasteiger charge is 2.31. The number of halogens is 3. The quantitative estimate of drug-likeness (QED) is 0.622. The van der Waals surface area contributed by atoms with Crippen LogP contribution in [0.1, 0.15) is 60.1 Å². The largest absolute Gasteiger partial charge is 0.416 e. The average Bonchev–Trinajstić information content (AvgIpc) is 3.43. The minimum absolute atomic E-state index is 0.0976. The molecule has 186 valence electrons. The lowest BCUT2D eigenvalue weighted by atomic mass is 9.93. The third kappa shape index (κ3) is 5.97. The van der Waals surface area contributed by atoms with Gasteiger partial charge in [-0.25, -0.2) is 0 Å². The van der Waals surface area contributed by atoms with E-state index < -0.39 is 23.8 Å². The number of hydrogen-bond acceptors (Lipinski definition) is 6. The van der Waals surface area contributed by atoms with Crippen LogP contribution in [0.25, 0.3) is 11.3 Å². The van der Waals surface area contributed by atoms with E-state index >= 15 is 0 Å². The molecule has 3 atom stereocenters. The van der Waals surface area contributed by atoms with Crippen LogP contribution >= 0.6 is 0 Å². The number of aliphatic hydroxyl groups is 1. The average molecular weight is 482 g/mol. The van der Waals surface area contributed by atoms with Crippen molar-refractivity contribution in [3.63, 3.8) is 0 Å². The molecule has 2 heterocycles. The Bertz CT molecular complexity index is 971. The van der Waals surface area contributed by atoms with Gasteiger partial charge >= 0.3 is 6.18 Å². The minimum atomic E-state index is -4.44. The first-order chi connectivity index (χ1) is 16.2. The van der Waals surface area contributed by atoms with Crippen LogP contribution in [0, 0.1) is 0 Å². The maximum Gasteiger partial charge on any atom is 0.416 e. The first kappa shape index (κ1) is 24.7. The van der Waals surface area contributed by atoms with Crippen LogP contribution in [0.3, 0.4) is 0 Å². The van der Waals surface area contributed by atoms with Crippen LogP contribution < -0.4 is 5.32 Å². The molecule has 1 aromatic heterocycles. The van der Waals surface area contributed by atoms with Crippen molar-refractivity contribution in [1.82, 2.24) is 15.4 Å². The number of carbonyl (C=O) groups excluding carboxylic acids is 1. The van der Waals surface area contributed by atoms with Crippen molar-refractivity contribution in [2.75, 3.05) is 20.2 Å². The lowest BCUT2D eigenvalue weighted by molar-refractivity contribution is -0.137. The number of rotatable bonds is 7. The molecule has 2 fully saturated rings. The Morgan fingerprint density at radius 1 is 1.21 bits per heavy atom. The normalized spacial score (nSPS) is 23.4. The molecular weight excluding hydrogens is 451 g/mol. The summed E-state index contributed by atoms with van der Waals surface area (Å²) in [5.41, 5.74) is 0.262. The van der Waals surface area contributed by atoms with Gasteiger partial charge in [0.05, 0.1) is 17.8 Å². The molecule has 0 unspecified atom stereocenters. The van der Waals surface area contributed by atoms with Gasteiger partial charge in [-0.15, -0.1) is 0 Å². The Balaban J connectivity index is 1.58. The second-order valence-corrected chi connectivity index (χ2v) is 9.24. The number of hydrogen-bond donors (Lipinski definition) is 2. The Labute approximate surface area is 196 Å². The molecule has 34 heavy (non-hydrogen) atoms. The number of nitrogens with zero attached hydrogens (tertiary/aromatic N) is 2. The second kappa shape index (κ2) is 10.5. The van der Waals surface area contributed by atoms with Gasteiger partial charge in [0, 0.05) is 36.9 Å². The van der Waals surface area contributed by atoms with Crippen molar-refractivity contribution >= 4 is 5.91 Å². The van der Waals surface area contributed by atoms with Crippen LogP contribution in [-0.4, -0.2) is 59.5 Å². The molecule has 2 aliphatic rings. The summed E-state index contributed by atoms with van der Waals surface area (Å²) in [4.78, 5) is 15.1. The third-order valence-electron chi connectivity index (χ3n) is 6.43. The molecule has 4 rings (SSSR count). The summed E-state index contributed by atoms with van der Waals surface area (Å²) in [5, 5.41) is 16.9. The number of amides is 1. The monoisotopic (exact) mass is 481 g/mol. The zero-order valence-electron chi connectivity index (χ0n) is 19.1. The standard InChI is InChI=1S/C24H30F3N3O4/c1-30(13-19-6-3-11-33-19)14-20-21(23(32)28-17-4-2-5-18(31)12-17)29-34-22(20)15-7-9-16(10-8-15)24(25,26)27/h7-10,17-19,31H,2-6,11-14H2,1H3,(H,28,32)/t17-,18+,19+/m1/s1. The molecule has 1 aliphatic carbocycles. The van der Waals surface area contributed by atoms with Crippen molar-refractivity contribution in [2.24, 2.45) is 0 Å². The smallest absolute Gasteiger partial charge is 0.393 e. The predicted molar refractivity (Wildman–Crippen MR) is 118 cm³/mol. The molecular formula is C24H30F3N3O4. The van der Waals surface area contributed by atoms with Crippen LogP contribution in [0.15, 0.2) is 28.8 Å². The van der Waals surface area contributed by atoms with Crippen molar-refractivity contribution in [3.8, 4) is 11.3 Å². The maximum absolute atomic E-state index is 13.1. The highest BCUT2D eigenvalue weighted by atomic mass is 19.4. The number of carbonyl (C=O) groups is 1. The maximum atomic E-state index is 13.1. The molecule has 10 heteroatoms. The molecule has 1 amide bonds. The predicted octanol–water partition coefficient (Wildman–Crippen LogP) is 4.00. The summed E-state index contributed by atoms with van der Waals surface area (Å²) in [6.45, 7) is 1.69. The molecule has 1 saturated heterocycles. The van der Waals surface area contributed by atoms with Gasteiger partial charge < -0.3 is 19.7 Å². The van der Waals surface area contributed by atoms with Crippen molar-refractivity contribution < 1.29 is 32.3 Å². The summed E-state index contributed by atoms with van der Waals surface area (Å²) >= 11 is 0. The molecule has 1 aliphatic heterocycles. The van der Waals surface area contributed by atoms with Crippen LogP contribution in [0.2, 0.25) is 0 Å². The number of alkyl halides is 3. The fraction of sp³-hybridized carbons (Fsp3) is 0.583. The first-order valence-electron chi connectivity index (χ1n) is 11.7. The molecule has 2 N–H and O–H groups in total. The summed E-state index contributed by atoms with van der Waals surface area (Å²) in [5.74, 6) is -0.150. The van der Waals surface area contributed by atoms with Gasteiger partial charge in [-0.05, 0) is 57.7 Å². The Kier molecular flexibility index (Phi) is 7.59. The molecule has 0 bridgehead atoms. The molecule has 7 nitrogen and oxygen atoms in total. The van der Waals surface area contributed by atoms with Gasteiger partial charge in [-0.1, -0.05) is 17.3 Å². The lowest BCUT2D eigenvalue weighted by Crippen LogP contribution is -2.40. The number of aliphatic hydroxyl groups excluding tert-OH is 1. The van der Waals surface area contributed by atoms with Gasteiger partial charge in [0.25, 0.3) is 5.91 Å². The Hall–Kier alpha value is -2.43. The van der Waals surface area contributed by atoms with E-state index in [1.807, 2.05) is 11.9 Å². The van der Waals surface area contributed by atoms with E-state index in [0.29, 0.717) is 37.1 Å². The van der Waals surface area contributed by atoms with E-state index in [2.05, 4.69) is 10.5 Å². The van der Waals surface area contributed by atoms with Gasteiger partial charge in [-0.3, -0.25) is 9.69 Å². The molecule has 0 radical (unpaired) electrons. The Morgan fingerprint density at radius 3 is 2.62 bits per heavy atom. The Morgan fingerprint density at radius 2 is 1.97 bits per heavy atom. The summed E-state index contributed by atoms with van der Waals surface area (Å²) in [6, 6.07) is 4.46. The summed E-state index contributed by atoms with van der Waals surface area (Å²) < 4.78 is 50.2. The van der Waals surface area contributed by atoms with Crippen LogP contribution in [0.4, 0.5) is 13.2 Å². The fourth-order valence-electron chi connectivity index (χ4n) is 4.69. The number of likely N-dealkylation sites (N-methyl/N-ethyl adjacent to an activating group) is 1. The number of aromatic nitrogens is 1. The van der Waals surface area contributed by atoms with Crippen molar-refractivity contribution in [1.29, 1.82) is 0 Å². The highest BCUT2D eigenvalue weighted by molar-refractivity contribution is 5.95. The van der Waals surface area contributed by atoms with Gasteiger partial charge in [0.1, 0.15) is 0 Å². The zero-order chi connectivity index (χ0) is 24.3. The second-order valence-electron chi connectivity index (χ2n) is 9.24. The molecule has 2 aromatic rings. The minimum Gasteiger partial charge on any atom is -0.393 e. The van der Waals surface area contributed by atoms with Crippen molar-refractivity contribution in [2.45, 2.75) is 69.5 Å². The lowest BCUT2D eigenvalue weighted by Gasteiger charge is -2.26. The molecule has 0 spiro atoms. The number of ether oxygens (including phenoxy) is 1. The van der Waals surface area contributed by atoms with Gasteiger partial charge in [0.2, 0.25) is 0 Å². The molecule has 1 aromatic carbocycles. The zero-order valence-corrected chi connectivity index (χ0v) is 19.1. The van der Waals surface area contributed by atoms with Gasteiger partial charge in [-0.2, -0.15) is 13.2 Å². The highest BCUT2D eigenvalue weighted by Crippen LogP contribution is 2.33. The molecule has 1 saturated carbocycles. The fourth-order valence-corrected chi connectivity index (χ4v) is 4.69. The van der Waals surface area contributed by atoms with E-state index in [9.17, 15) is 23.1 Å².